The lowest BCUT2D eigenvalue weighted by Crippen LogP contribution is -2.07. The average Bonchev–Trinajstić information content (AvgIpc) is 3.23. The molecule has 0 aliphatic heterocycles. The maximum Gasteiger partial charge on any atom is 0.179 e. The van der Waals surface area contributed by atoms with Gasteiger partial charge in [-0.1, -0.05) is 102 Å². The van der Waals surface area contributed by atoms with Crippen LogP contribution >= 0.6 is 11.3 Å². The van der Waals surface area contributed by atoms with E-state index in [1.807, 2.05) is 6.07 Å². The Hall–Kier alpha value is -1.91. The van der Waals surface area contributed by atoms with Crippen molar-refractivity contribution in [1.29, 1.82) is 0 Å². The third-order valence-corrected chi connectivity index (χ3v) is 9.18. The number of hydrogen-bond donors (Lipinski definition) is 0. The molecule has 1 heterocycles. The predicted molar refractivity (Wildman–Crippen MR) is 140 cm³/mol. The monoisotopic (exact) mass is 468 g/mol. The second kappa shape index (κ2) is 10.8. The van der Waals surface area contributed by atoms with Gasteiger partial charge in [-0.3, -0.25) is 0 Å². The summed E-state index contributed by atoms with van der Waals surface area (Å²) in [6.07, 6.45) is 3.86. The van der Waals surface area contributed by atoms with E-state index < -0.39 is 9.84 Å². The van der Waals surface area contributed by atoms with E-state index in [0.29, 0.717) is 16.7 Å². The van der Waals surface area contributed by atoms with Crippen LogP contribution in [0.4, 0.5) is 0 Å². The summed E-state index contributed by atoms with van der Waals surface area (Å²) in [6.45, 7) is 10.9. The highest BCUT2D eigenvalue weighted by atomic mass is 32.2. The molecule has 0 radical (unpaired) electrons. The number of benzene rings is 2. The number of unbranched alkanes of at least 4 members (excludes halogenated alkanes) is 3. The number of sulfone groups is 1. The SMILES string of the molecule is CCCCCCS(=O)(=O)c1cc(-c2ccc(C(C)C)cc2)sc1-c1ccc(C(C)C)cc1. The summed E-state index contributed by atoms with van der Waals surface area (Å²) in [6, 6.07) is 18.8. The standard InChI is InChI=1S/C28H36O2S2/c1-6-7-8-9-18-32(29,30)27-19-26(24-14-10-22(11-15-24)20(2)3)31-28(27)25-16-12-23(13-17-25)21(4)5/h10-17,19-21H,6-9,18H2,1-5H3. The van der Waals surface area contributed by atoms with E-state index in [9.17, 15) is 8.42 Å². The molecule has 0 unspecified atom stereocenters. The summed E-state index contributed by atoms with van der Waals surface area (Å²) in [5, 5.41) is 0. The summed E-state index contributed by atoms with van der Waals surface area (Å²) < 4.78 is 26.7. The van der Waals surface area contributed by atoms with Crippen molar-refractivity contribution in [1.82, 2.24) is 0 Å². The van der Waals surface area contributed by atoms with Crippen LogP contribution in [0.1, 0.15) is 83.3 Å². The summed E-state index contributed by atoms with van der Waals surface area (Å²) in [5.41, 5.74) is 4.61. The van der Waals surface area contributed by atoms with Gasteiger partial charge in [0.2, 0.25) is 0 Å². The summed E-state index contributed by atoms with van der Waals surface area (Å²) in [5.74, 6) is 1.14. The molecule has 0 N–H and O–H groups in total. The third kappa shape index (κ3) is 5.90. The minimum absolute atomic E-state index is 0.215. The largest absolute Gasteiger partial charge is 0.224 e. The molecule has 1 aromatic heterocycles. The molecule has 2 aromatic carbocycles. The fourth-order valence-corrected chi connectivity index (χ4v) is 6.98. The number of rotatable bonds is 10. The molecule has 0 aliphatic rings. The van der Waals surface area contributed by atoms with Gasteiger partial charge in [-0.2, -0.15) is 0 Å². The van der Waals surface area contributed by atoms with E-state index >= 15 is 0 Å². The zero-order chi connectivity index (χ0) is 23.3. The number of hydrogen-bond acceptors (Lipinski definition) is 3. The molecule has 172 valence electrons. The lowest BCUT2D eigenvalue weighted by Gasteiger charge is -2.08. The summed E-state index contributed by atoms with van der Waals surface area (Å²) in [7, 11) is -3.34. The molecule has 3 aromatic rings. The zero-order valence-electron chi connectivity index (χ0n) is 20.0. The highest BCUT2D eigenvalue weighted by molar-refractivity contribution is 7.91. The van der Waals surface area contributed by atoms with E-state index in [-0.39, 0.29) is 5.75 Å². The smallest absolute Gasteiger partial charge is 0.179 e. The molecule has 4 heteroatoms. The normalized spacial score (nSPS) is 12.1. The molecule has 0 saturated carbocycles. The van der Waals surface area contributed by atoms with Crippen molar-refractivity contribution in [3.05, 3.63) is 65.7 Å². The minimum atomic E-state index is -3.34. The first-order valence-corrected chi connectivity index (χ1v) is 14.3. The maximum absolute atomic E-state index is 13.4. The van der Waals surface area contributed by atoms with Crippen molar-refractivity contribution >= 4 is 21.2 Å². The van der Waals surface area contributed by atoms with E-state index in [1.165, 1.54) is 11.1 Å². The van der Waals surface area contributed by atoms with Crippen LogP contribution in [0.15, 0.2) is 59.5 Å². The van der Waals surface area contributed by atoms with Crippen LogP contribution in [-0.4, -0.2) is 14.2 Å². The zero-order valence-corrected chi connectivity index (χ0v) is 21.7. The van der Waals surface area contributed by atoms with Gasteiger partial charge in [0.1, 0.15) is 0 Å². The van der Waals surface area contributed by atoms with Gasteiger partial charge < -0.3 is 0 Å². The van der Waals surface area contributed by atoms with Crippen LogP contribution in [-0.2, 0) is 9.84 Å². The first-order chi connectivity index (χ1) is 15.2. The lowest BCUT2D eigenvalue weighted by molar-refractivity contribution is 0.589. The molecular formula is C28H36O2S2. The topological polar surface area (TPSA) is 34.1 Å². The molecule has 32 heavy (non-hydrogen) atoms. The fourth-order valence-electron chi connectivity index (χ4n) is 3.83. The van der Waals surface area contributed by atoms with Gasteiger partial charge >= 0.3 is 0 Å². The Morgan fingerprint density at radius 2 is 1.28 bits per heavy atom. The molecule has 0 fully saturated rings. The van der Waals surface area contributed by atoms with Crippen LogP contribution in [0, 0.1) is 0 Å². The molecule has 3 rings (SSSR count). The Balaban J connectivity index is 2.03. The fraction of sp³-hybridized carbons (Fsp3) is 0.429. The van der Waals surface area contributed by atoms with Crippen molar-refractivity contribution in [2.24, 2.45) is 0 Å². The van der Waals surface area contributed by atoms with Crippen LogP contribution in [0.3, 0.4) is 0 Å². The van der Waals surface area contributed by atoms with Crippen LogP contribution < -0.4 is 0 Å². The molecule has 2 nitrogen and oxygen atoms in total. The first kappa shape index (κ1) is 24.7. The lowest BCUT2D eigenvalue weighted by atomic mass is 10.0. The highest BCUT2D eigenvalue weighted by Crippen LogP contribution is 2.41. The Morgan fingerprint density at radius 3 is 1.78 bits per heavy atom. The molecule has 0 atom stereocenters. The van der Waals surface area contributed by atoms with Crippen molar-refractivity contribution in [3.8, 4) is 20.9 Å². The van der Waals surface area contributed by atoms with Gasteiger partial charge in [-0.25, -0.2) is 8.42 Å². The Bertz CT molecular complexity index is 1100. The molecule has 0 saturated heterocycles. The van der Waals surface area contributed by atoms with Crippen molar-refractivity contribution in [2.75, 3.05) is 5.75 Å². The Kier molecular flexibility index (Phi) is 8.35. The van der Waals surface area contributed by atoms with E-state index in [4.69, 9.17) is 0 Å². The summed E-state index contributed by atoms with van der Waals surface area (Å²) >= 11 is 1.59. The number of thiophene rings is 1. The predicted octanol–water partition coefficient (Wildman–Crippen LogP) is 8.68. The van der Waals surface area contributed by atoms with Gasteiger partial charge in [0.25, 0.3) is 0 Å². The van der Waals surface area contributed by atoms with Crippen LogP contribution in [0.25, 0.3) is 20.9 Å². The minimum Gasteiger partial charge on any atom is -0.224 e. The summed E-state index contributed by atoms with van der Waals surface area (Å²) in [4.78, 5) is 2.35. The van der Waals surface area contributed by atoms with Crippen LogP contribution in [0.5, 0.6) is 0 Å². The van der Waals surface area contributed by atoms with Gasteiger partial charge in [0.15, 0.2) is 9.84 Å². The third-order valence-electron chi connectivity index (χ3n) is 6.00. The second-order valence-corrected chi connectivity index (χ2v) is 12.4. The maximum atomic E-state index is 13.4. The second-order valence-electron chi connectivity index (χ2n) is 9.24. The highest BCUT2D eigenvalue weighted by Gasteiger charge is 2.23. The Morgan fingerprint density at radius 1 is 0.750 bits per heavy atom. The Labute approximate surface area is 198 Å². The van der Waals surface area contributed by atoms with E-state index in [1.54, 1.807) is 11.3 Å². The van der Waals surface area contributed by atoms with Gasteiger partial charge in [-0.15, -0.1) is 11.3 Å². The molecule has 0 spiro atoms. The van der Waals surface area contributed by atoms with Crippen LogP contribution in [0.2, 0.25) is 0 Å². The quantitative estimate of drug-likeness (QED) is 0.279. The van der Waals surface area contributed by atoms with Crippen molar-refractivity contribution < 1.29 is 8.42 Å². The van der Waals surface area contributed by atoms with Crippen molar-refractivity contribution in [2.45, 2.75) is 77.0 Å². The average molecular weight is 469 g/mol. The first-order valence-electron chi connectivity index (χ1n) is 11.8. The molecule has 0 amide bonds. The molecular weight excluding hydrogens is 432 g/mol. The molecule has 0 aliphatic carbocycles. The van der Waals surface area contributed by atoms with E-state index in [0.717, 1.165) is 46.6 Å². The van der Waals surface area contributed by atoms with Crippen molar-refractivity contribution in [3.63, 3.8) is 0 Å². The van der Waals surface area contributed by atoms with Gasteiger partial charge in [0, 0.05) is 4.88 Å². The van der Waals surface area contributed by atoms with Gasteiger partial charge in [-0.05, 0) is 46.6 Å². The molecule has 0 bridgehead atoms. The van der Waals surface area contributed by atoms with E-state index in [2.05, 4.69) is 83.1 Å². The van der Waals surface area contributed by atoms with Gasteiger partial charge in [0.05, 0.1) is 15.5 Å².